The number of nitrogens with zero attached hydrogens (tertiary/aromatic N) is 2. The Bertz CT molecular complexity index is 1160. The van der Waals surface area contributed by atoms with Crippen molar-refractivity contribution in [3.05, 3.63) is 58.9 Å². The first-order chi connectivity index (χ1) is 13.7. The van der Waals surface area contributed by atoms with Crippen LogP contribution in [0.3, 0.4) is 0 Å². The summed E-state index contributed by atoms with van der Waals surface area (Å²) >= 11 is 6.13. The molecule has 7 nitrogen and oxygen atoms in total. The second-order valence-corrected chi connectivity index (χ2v) is 9.62. The van der Waals surface area contributed by atoms with Gasteiger partial charge in [0.05, 0.1) is 16.5 Å². The van der Waals surface area contributed by atoms with Gasteiger partial charge in [0.2, 0.25) is 21.7 Å². The van der Waals surface area contributed by atoms with Crippen molar-refractivity contribution in [2.45, 2.75) is 43.7 Å². The van der Waals surface area contributed by atoms with Crippen molar-refractivity contribution in [2.24, 2.45) is 0 Å². The van der Waals surface area contributed by atoms with Crippen LogP contribution in [0.1, 0.15) is 31.7 Å². The molecule has 0 saturated carbocycles. The predicted molar refractivity (Wildman–Crippen MR) is 108 cm³/mol. The molecule has 0 radical (unpaired) electrons. The summed E-state index contributed by atoms with van der Waals surface area (Å²) < 4.78 is 38.9. The van der Waals surface area contributed by atoms with Gasteiger partial charge in [0.25, 0.3) is 0 Å². The number of benzene rings is 2. The summed E-state index contributed by atoms with van der Waals surface area (Å²) in [6.07, 6.45) is 1.58. The average Bonchev–Trinajstić information content (AvgIpc) is 3.14. The third-order valence-electron chi connectivity index (χ3n) is 4.72. The molecule has 152 valence electrons. The Balaban J connectivity index is 1.48. The van der Waals surface area contributed by atoms with Gasteiger partial charge in [0.1, 0.15) is 11.4 Å². The van der Waals surface area contributed by atoms with Crippen molar-refractivity contribution in [3.8, 4) is 17.1 Å². The van der Waals surface area contributed by atoms with Gasteiger partial charge in [-0.2, -0.15) is 4.98 Å². The van der Waals surface area contributed by atoms with Crippen LogP contribution in [0.4, 0.5) is 0 Å². The Kier molecular flexibility index (Phi) is 5.10. The van der Waals surface area contributed by atoms with Crippen molar-refractivity contribution >= 4 is 21.6 Å². The van der Waals surface area contributed by atoms with Crippen LogP contribution in [0.5, 0.6) is 5.75 Å². The highest BCUT2D eigenvalue weighted by atomic mass is 35.5. The highest BCUT2D eigenvalue weighted by molar-refractivity contribution is 7.89. The van der Waals surface area contributed by atoms with Gasteiger partial charge in [-0.25, -0.2) is 13.1 Å². The molecule has 0 bridgehead atoms. The Hall–Kier alpha value is -2.42. The van der Waals surface area contributed by atoms with E-state index in [1.54, 1.807) is 36.4 Å². The van der Waals surface area contributed by atoms with E-state index in [-0.39, 0.29) is 22.9 Å². The minimum absolute atomic E-state index is 0.125. The fourth-order valence-corrected chi connectivity index (χ4v) is 4.37. The second-order valence-electron chi connectivity index (χ2n) is 7.45. The standard InChI is InChI=1S/C20H20ClN3O4S/c1-20(2)10-9-13-11-14(7-8-17(13)27-20)29(25,26)22-12-18-23-19(24-28-18)15-5-3-4-6-16(15)21/h3-8,11,22H,9-10,12H2,1-2H3. The molecule has 29 heavy (non-hydrogen) atoms. The summed E-state index contributed by atoms with van der Waals surface area (Å²) in [4.78, 5) is 4.39. The minimum atomic E-state index is -3.74. The smallest absolute Gasteiger partial charge is 0.242 e. The van der Waals surface area contributed by atoms with Gasteiger partial charge >= 0.3 is 0 Å². The zero-order valence-corrected chi connectivity index (χ0v) is 17.5. The second kappa shape index (κ2) is 7.44. The van der Waals surface area contributed by atoms with Crippen molar-refractivity contribution in [1.82, 2.24) is 14.9 Å². The first kappa shape index (κ1) is 19.9. The van der Waals surface area contributed by atoms with Gasteiger partial charge in [-0.05, 0) is 62.6 Å². The minimum Gasteiger partial charge on any atom is -0.488 e. The maximum absolute atomic E-state index is 12.7. The maximum atomic E-state index is 12.7. The number of fused-ring (bicyclic) bond motifs is 1. The molecule has 0 unspecified atom stereocenters. The van der Waals surface area contributed by atoms with E-state index in [0.717, 1.165) is 24.2 Å². The molecule has 0 atom stereocenters. The Morgan fingerprint density at radius 3 is 2.79 bits per heavy atom. The molecule has 0 fully saturated rings. The molecule has 0 saturated heterocycles. The highest BCUT2D eigenvalue weighted by Gasteiger charge is 2.28. The molecule has 1 N–H and O–H groups in total. The molecule has 9 heteroatoms. The largest absolute Gasteiger partial charge is 0.488 e. The van der Waals surface area contributed by atoms with Gasteiger partial charge in [-0.3, -0.25) is 0 Å². The lowest BCUT2D eigenvalue weighted by molar-refractivity contribution is 0.0845. The summed E-state index contributed by atoms with van der Waals surface area (Å²) in [6.45, 7) is 3.91. The van der Waals surface area contributed by atoms with Crippen LogP contribution in [0.25, 0.3) is 11.4 Å². The fraction of sp³-hybridized carbons (Fsp3) is 0.300. The average molecular weight is 434 g/mol. The van der Waals surface area contributed by atoms with Crippen molar-refractivity contribution in [1.29, 1.82) is 0 Å². The summed E-state index contributed by atoms with van der Waals surface area (Å²) in [5.74, 6) is 1.17. The number of aromatic nitrogens is 2. The SMILES string of the molecule is CC1(C)CCc2cc(S(=O)(=O)NCc3nc(-c4ccccc4Cl)no3)ccc2O1. The normalized spacial score (nSPS) is 15.6. The maximum Gasteiger partial charge on any atom is 0.242 e. The molecule has 0 aliphatic carbocycles. The molecule has 1 aliphatic rings. The molecule has 3 aromatic rings. The molecular weight excluding hydrogens is 414 g/mol. The zero-order chi connectivity index (χ0) is 20.6. The van der Waals surface area contributed by atoms with E-state index in [2.05, 4.69) is 14.9 Å². The number of halogens is 1. The Morgan fingerprint density at radius 1 is 1.21 bits per heavy atom. The molecule has 0 spiro atoms. The molecule has 2 aromatic carbocycles. The lowest BCUT2D eigenvalue weighted by atomic mass is 9.94. The van der Waals surface area contributed by atoms with Crippen LogP contribution in [0, 0.1) is 0 Å². The van der Waals surface area contributed by atoms with Crippen LogP contribution in [0.15, 0.2) is 51.9 Å². The number of rotatable bonds is 5. The number of hydrogen-bond donors (Lipinski definition) is 1. The molecule has 4 rings (SSSR count). The molecule has 2 heterocycles. The van der Waals surface area contributed by atoms with Crippen LogP contribution in [-0.4, -0.2) is 24.2 Å². The summed E-state index contributed by atoms with van der Waals surface area (Å²) in [7, 11) is -3.74. The molecular formula is C20H20ClN3O4S. The van der Waals surface area contributed by atoms with E-state index in [1.807, 2.05) is 13.8 Å². The first-order valence-corrected chi connectivity index (χ1v) is 11.0. The molecule has 1 aliphatic heterocycles. The van der Waals surface area contributed by atoms with Gasteiger partial charge in [0, 0.05) is 5.56 Å². The Morgan fingerprint density at radius 2 is 2.00 bits per heavy atom. The van der Waals surface area contributed by atoms with Crippen LogP contribution in [0.2, 0.25) is 5.02 Å². The van der Waals surface area contributed by atoms with Gasteiger partial charge in [-0.1, -0.05) is 28.9 Å². The fourth-order valence-electron chi connectivity index (χ4n) is 3.12. The van der Waals surface area contributed by atoms with Gasteiger partial charge in [0.15, 0.2) is 0 Å². The summed E-state index contributed by atoms with van der Waals surface area (Å²) in [5, 5.41) is 4.36. The predicted octanol–water partition coefficient (Wildman–Crippen LogP) is 3.97. The molecule has 1 aromatic heterocycles. The first-order valence-electron chi connectivity index (χ1n) is 9.13. The van der Waals surface area contributed by atoms with Crippen molar-refractivity contribution < 1.29 is 17.7 Å². The topological polar surface area (TPSA) is 94.3 Å². The van der Waals surface area contributed by atoms with E-state index in [9.17, 15) is 8.42 Å². The summed E-state index contributed by atoms with van der Waals surface area (Å²) in [5.41, 5.74) is 1.25. The quantitative estimate of drug-likeness (QED) is 0.654. The van der Waals surface area contributed by atoms with E-state index in [4.69, 9.17) is 20.9 Å². The van der Waals surface area contributed by atoms with E-state index < -0.39 is 10.0 Å². The van der Waals surface area contributed by atoms with E-state index >= 15 is 0 Å². The number of nitrogens with one attached hydrogen (secondary N) is 1. The monoisotopic (exact) mass is 433 g/mol. The van der Waals surface area contributed by atoms with Crippen molar-refractivity contribution in [2.75, 3.05) is 0 Å². The zero-order valence-electron chi connectivity index (χ0n) is 16.0. The van der Waals surface area contributed by atoms with E-state index in [0.29, 0.717) is 16.4 Å². The van der Waals surface area contributed by atoms with Crippen molar-refractivity contribution in [3.63, 3.8) is 0 Å². The third-order valence-corrected chi connectivity index (χ3v) is 6.45. The van der Waals surface area contributed by atoms with Gasteiger partial charge < -0.3 is 9.26 Å². The number of ether oxygens (including phenoxy) is 1. The third kappa shape index (κ3) is 4.29. The summed E-state index contributed by atoms with van der Waals surface area (Å²) in [6, 6.07) is 12.0. The lowest BCUT2D eigenvalue weighted by Gasteiger charge is -2.32. The van der Waals surface area contributed by atoms with E-state index in [1.165, 1.54) is 6.07 Å². The van der Waals surface area contributed by atoms with Gasteiger partial charge in [-0.15, -0.1) is 0 Å². The highest BCUT2D eigenvalue weighted by Crippen LogP contribution is 2.34. The number of sulfonamides is 1. The number of hydrogen-bond acceptors (Lipinski definition) is 6. The molecule has 0 amide bonds. The Labute approximate surface area is 174 Å². The van der Waals surface area contributed by atoms with Crippen LogP contribution >= 0.6 is 11.6 Å². The van der Waals surface area contributed by atoms with Crippen LogP contribution in [-0.2, 0) is 23.0 Å². The van der Waals surface area contributed by atoms with Crippen LogP contribution < -0.4 is 9.46 Å². The lowest BCUT2D eigenvalue weighted by Crippen LogP contribution is -2.32. The number of aryl methyl sites for hydroxylation is 1.